The lowest BCUT2D eigenvalue weighted by molar-refractivity contribution is 0.241. The normalized spacial score (nSPS) is 11.5. The third-order valence-electron chi connectivity index (χ3n) is 3.80. The van der Waals surface area contributed by atoms with Gasteiger partial charge in [-0.2, -0.15) is 4.98 Å². The van der Waals surface area contributed by atoms with E-state index < -0.39 is 0 Å². The fourth-order valence-corrected chi connectivity index (χ4v) is 2.95. The second kappa shape index (κ2) is 8.40. The molecule has 1 aromatic heterocycles. The molecule has 0 bridgehead atoms. The predicted molar refractivity (Wildman–Crippen MR) is 106 cm³/mol. The smallest absolute Gasteiger partial charge is 0.217 e. The Morgan fingerprint density at radius 2 is 1.96 bits per heavy atom. The van der Waals surface area contributed by atoms with Crippen LogP contribution in [0.1, 0.15) is 17.0 Å². The van der Waals surface area contributed by atoms with E-state index >= 15 is 0 Å². The zero-order valence-corrected chi connectivity index (χ0v) is 15.8. The minimum atomic E-state index is -0.316. The van der Waals surface area contributed by atoms with Gasteiger partial charge in [0.1, 0.15) is 11.6 Å². The molecule has 0 spiro atoms. The van der Waals surface area contributed by atoms with Crippen LogP contribution in [0.25, 0.3) is 12.2 Å². The molecule has 0 aliphatic rings. The summed E-state index contributed by atoms with van der Waals surface area (Å²) < 4.78 is 16.1. The Kier molecular flexibility index (Phi) is 5.98. The summed E-state index contributed by atoms with van der Waals surface area (Å²) in [6.07, 6.45) is 3.83. The molecule has 4 nitrogen and oxygen atoms in total. The van der Waals surface area contributed by atoms with Crippen LogP contribution in [0.2, 0.25) is 5.02 Å². The van der Waals surface area contributed by atoms with Crippen molar-refractivity contribution in [3.63, 3.8) is 0 Å². The molecule has 0 aliphatic carbocycles. The number of nitrogens with one attached hydrogen (secondary N) is 1. The molecule has 0 amide bonds. The summed E-state index contributed by atoms with van der Waals surface area (Å²) in [5.74, 6) is 0.347. The highest BCUT2D eigenvalue weighted by atomic mass is 35.5. The van der Waals surface area contributed by atoms with Crippen molar-refractivity contribution in [1.82, 2.24) is 19.7 Å². The molecule has 0 saturated carbocycles. The van der Waals surface area contributed by atoms with Gasteiger partial charge < -0.3 is 0 Å². The van der Waals surface area contributed by atoms with Crippen molar-refractivity contribution in [2.75, 3.05) is 7.05 Å². The van der Waals surface area contributed by atoms with Gasteiger partial charge in [-0.1, -0.05) is 54.1 Å². The Balaban J connectivity index is 1.69. The van der Waals surface area contributed by atoms with Gasteiger partial charge in [0.25, 0.3) is 0 Å². The maximum Gasteiger partial charge on any atom is 0.217 e. The van der Waals surface area contributed by atoms with Crippen LogP contribution in [-0.4, -0.2) is 26.7 Å². The van der Waals surface area contributed by atoms with Gasteiger partial charge in [0.05, 0.1) is 6.67 Å². The van der Waals surface area contributed by atoms with E-state index in [-0.39, 0.29) is 5.82 Å². The lowest BCUT2D eigenvalue weighted by atomic mass is 10.2. The van der Waals surface area contributed by atoms with Crippen LogP contribution < -0.4 is 0 Å². The van der Waals surface area contributed by atoms with Gasteiger partial charge in [-0.25, -0.2) is 9.07 Å². The molecular weight excluding hydrogens is 371 g/mol. The summed E-state index contributed by atoms with van der Waals surface area (Å²) in [6, 6.07) is 14.6. The molecule has 26 heavy (non-hydrogen) atoms. The first-order chi connectivity index (χ1) is 12.5. The minimum absolute atomic E-state index is 0.316. The fraction of sp³-hybridized carbons (Fsp3) is 0.158. The number of halogens is 2. The highest BCUT2D eigenvalue weighted by molar-refractivity contribution is 7.71. The van der Waals surface area contributed by atoms with Gasteiger partial charge in [-0.15, -0.1) is 0 Å². The molecule has 1 N–H and O–H groups in total. The van der Waals surface area contributed by atoms with E-state index in [1.807, 2.05) is 54.4 Å². The van der Waals surface area contributed by atoms with Crippen molar-refractivity contribution in [2.45, 2.75) is 13.2 Å². The SMILES string of the molecule is CN(Cc1c(F)cccc1Cl)Cn1[nH]c(/C=C/c2ccccc2)nc1=S. The van der Waals surface area contributed by atoms with Gasteiger partial charge in [-0.05, 0) is 43.0 Å². The molecule has 0 radical (unpaired) electrons. The van der Waals surface area contributed by atoms with Gasteiger partial charge in [0.15, 0.2) is 0 Å². The van der Waals surface area contributed by atoms with Gasteiger partial charge in [0, 0.05) is 17.1 Å². The van der Waals surface area contributed by atoms with Crippen molar-refractivity contribution in [3.8, 4) is 0 Å². The Hall–Kier alpha value is -2.28. The zero-order valence-electron chi connectivity index (χ0n) is 14.2. The third-order valence-corrected chi connectivity index (χ3v) is 4.47. The molecule has 3 aromatic rings. The van der Waals surface area contributed by atoms with Crippen LogP contribution >= 0.6 is 23.8 Å². The van der Waals surface area contributed by atoms with E-state index in [2.05, 4.69) is 10.1 Å². The minimum Gasteiger partial charge on any atom is -0.283 e. The zero-order chi connectivity index (χ0) is 18.5. The largest absolute Gasteiger partial charge is 0.283 e. The van der Waals surface area contributed by atoms with Gasteiger partial charge in [0.2, 0.25) is 4.77 Å². The first kappa shape index (κ1) is 18.5. The van der Waals surface area contributed by atoms with Crippen molar-refractivity contribution in [2.24, 2.45) is 0 Å². The molecule has 0 unspecified atom stereocenters. The number of aromatic nitrogens is 3. The molecule has 2 aromatic carbocycles. The number of aromatic amines is 1. The maximum atomic E-state index is 13.9. The monoisotopic (exact) mass is 388 g/mol. The van der Waals surface area contributed by atoms with Crippen LogP contribution in [0.3, 0.4) is 0 Å². The second-order valence-electron chi connectivity index (χ2n) is 5.92. The summed E-state index contributed by atoms with van der Waals surface area (Å²) >= 11 is 11.4. The van der Waals surface area contributed by atoms with Gasteiger partial charge >= 0.3 is 0 Å². The van der Waals surface area contributed by atoms with E-state index in [1.165, 1.54) is 6.07 Å². The topological polar surface area (TPSA) is 36.9 Å². The molecule has 3 rings (SSSR count). The van der Waals surface area contributed by atoms with Crippen LogP contribution in [0.15, 0.2) is 48.5 Å². The molecule has 0 atom stereocenters. The van der Waals surface area contributed by atoms with E-state index in [0.29, 0.717) is 34.4 Å². The summed E-state index contributed by atoms with van der Waals surface area (Å²) in [4.78, 5) is 6.24. The van der Waals surface area contributed by atoms with Crippen molar-refractivity contribution < 1.29 is 4.39 Å². The van der Waals surface area contributed by atoms with Crippen molar-refractivity contribution in [1.29, 1.82) is 0 Å². The number of benzene rings is 2. The second-order valence-corrected chi connectivity index (χ2v) is 6.69. The lowest BCUT2D eigenvalue weighted by Gasteiger charge is -2.18. The van der Waals surface area contributed by atoms with Crippen LogP contribution in [0, 0.1) is 10.6 Å². The summed E-state index contributed by atoms with van der Waals surface area (Å²) in [7, 11) is 1.87. The predicted octanol–water partition coefficient (Wildman–Crippen LogP) is 4.99. The Morgan fingerprint density at radius 1 is 1.19 bits per heavy atom. The lowest BCUT2D eigenvalue weighted by Crippen LogP contribution is -2.23. The van der Waals surface area contributed by atoms with Crippen LogP contribution in [0.5, 0.6) is 0 Å². The number of rotatable bonds is 6. The summed E-state index contributed by atoms with van der Waals surface area (Å²) in [5, 5.41) is 3.56. The maximum absolute atomic E-state index is 13.9. The number of hydrogen-bond acceptors (Lipinski definition) is 3. The summed E-state index contributed by atoms with van der Waals surface area (Å²) in [6.45, 7) is 0.803. The molecular formula is C19H18ClFN4S. The molecule has 1 heterocycles. The average molecular weight is 389 g/mol. The Labute approximate surface area is 161 Å². The van der Waals surface area contributed by atoms with Gasteiger partial charge in [-0.3, -0.25) is 10.00 Å². The average Bonchev–Trinajstić information content (AvgIpc) is 2.97. The number of H-pyrrole nitrogens is 1. The first-order valence-electron chi connectivity index (χ1n) is 8.04. The fourth-order valence-electron chi connectivity index (χ4n) is 2.53. The highest BCUT2D eigenvalue weighted by Crippen LogP contribution is 2.20. The quantitative estimate of drug-likeness (QED) is 0.604. The standard InChI is InChI=1S/C19H18ClFN4S/c1-24(12-15-16(20)8-5-9-17(15)21)13-25-19(26)22-18(23-25)11-10-14-6-3-2-4-7-14/h2-11H,12-13H2,1H3,(H,22,23,26)/b11-10+. The Bertz CT molecular complexity index is 945. The third kappa shape index (κ3) is 4.66. The number of nitrogens with zero attached hydrogens (tertiary/aromatic N) is 3. The Morgan fingerprint density at radius 3 is 2.69 bits per heavy atom. The molecule has 0 fully saturated rings. The van der Waals surface area contributed by atoms with Crippen molar-refractivity contribution >= 4 is 36.0 Å². The van der Waals surface area contributed by atoms with Crippen LogP contribution in [0.4, 0.5) is 4.39 Å². The summed E-state index contributed by atoms with van der Waals surface area (Å²) in [5.41, 5.74) is 1.54. The molecule has 0 aliphatic heterocycles. The molecule has 7 heteroatoms. The van der Waals surface area contributed by atoms with E-state index in [9.17, 15) is 4.39 Å². The van der Waals surface area contributed by atoms with E-state index in [4.69, 9.17) is 23.8 Å². The van der Waals surface area contributed by atoms with E-state index in [1.54, 1.807) is 16.8 Å². The van der Waals surface area contributed by atoms with Crippen LogP contribution in [-0.2, 0) is 13.2 Å². The first-order valence-corrected chi connectivity index (χ1v) is 8.83. The molecule has 134 valence electrons. The number of hydrogen-bond donors (Lipinski definition) is 1. The molecule has 0 saturated heterocycles. The van der Waals surface area contributed by atoms with E-state index in [0.717, 1.165) is 5.56 Å². The van der Waals surface area contributed by atoms with Crippen molar-refractivity contribution in [3.05, 3.63) is 81.1 Å². The highest BCUT2D eigenvalue weighted by Gasteiger charge is 2.11.